The quantitative estimate of drug-likeness (QED) is 0.613. The van der Waals surface area contributed by atoms with E-state index in [1.54, 1.807) is 6.26 Å². The number of anilines is 1. The maximum atomic E-state index is 10.2. The molecule has 0 amide bonds. The Kier molecular flexibility index (Phi) is 4.00. The lowest BCUT2D eigenvalue weighted by atomic mass is 10.3. The van der Waals surface area contributed by atoms with Gasteiger partial charge >= 0.3 is 0 Å². The van der Waals surface area contributed by atoms with E-state index in [1.165, 1.54) is 11.8 Å². The van der Waals surface area contributed by atoms with Crippen molar-refractivity contribution >= 4 is 17.4 Å². The molecule has 4 nitrogen and oxygen atoms in total. The average molecular weight is 210 g/mol. The Hall–Kier alpha value is -1.49. The highest BCUT2D eigenvalue weighted by atomic mass is 32.2. The van der Waals surface area contributed by atoms with Crippen LogP contribution in [-0.2, 0) is 0 Å². The number of hydrogen-bond donors (Lipinski definition) is 1. The van der Waals surface area contributed by atoms with Crippen LogP contribution in [0.25, 0.3) is 0 Å². The van der Waals surface area contributed by atoms with Crippen molar-refractivity contribution in [1.29, 1.82) is 0 Å². The summed E-state index contributed by atoms with van der Waals surface area (Å²) in [5.74, 6) is 0. The maximum Gasteiger partial charge on any atom is 0.264 e. The van der Waals surface area contributed by atoms with Crippen molar-refractivity contribution in [3.8, 4) is 0 Å². The van der Waals surface area contributed by atoms with Crippen LogP contribution in [0.3, 0.4) is 0 Å². The summed E-state index contributed by atoms with van der Waals surface area (Å²) in [5, 5.41) is 13.7. The molecule has 0 bridgehead atoms. The van der Waals surface area contributed by atoms with Gasteiger partial charge in [-0.2, -0.15) is 0 Å². The predicted molar refractivity (Wildman–Crippen MR) is 58.7 cm³/mol. The zero-order valence-corrected chi connectivity index (χ0v) is 8.45. The number of nitrogens with one attached hydrogen (secondary N) is 1. The Bertz CT molecular complexity index is 338. The molecule has 0 saturated carbocycles. The number of rotatable bonds is 4. The van der Waals surface area contributed by atoms with E-state index in [0.717, 1.165) is 11.9 Å². The van der Waals surface area contributed by atoms with E-state index >= 15 is 0 Å². The first-order chi connectivity index (χ1) is 6.72. The molecule has 74 valence electrons. The van der Waals surface area contributed by atoms with Crippen molar-refractivity contribution in [3.63, 3.8) is 0 Å². The Morgan fingerprint density at radius 2 is 2.14 bits per heavy atom. The first-order valence-electron chi connectivity index (χ1n) is 3.94. The van der Waals surface area contributed by atoms with E-state index in [2.05, 4.69) is 5.32 Å². The molecule has 0 aromatic heterocycles. The molecule has 1 N–H and O–H groups in total. The number of thioether (sulfide) groups is 1. The van der Waals surface area contributed by atoms with E-state index in [1.807, 2.05) is 30.3 Å². The fraction of sp³-hybridized carbons (Fsp3) is 0.111. The zero-order chi connectivity index (χ0) is 10.4. The van der Waals surface area contributed by atoms with Gasteiger partial charge in [0, 0.05) is 5.69 Å². The molecule has 0 heterocycles. The number of nitro groups is 1. The van der Waals surface area contributed by atoms with Crippen molar-refractivity contribution < 1.29 is 4.92 Å². The number of para-hydroxylation sites is 1. The summed E-state index contributed by atoms with van der Waals surface area (Å²) in [6, 6.07) is 9.33. The monoisotopic (exact) mass is 210 g/mol. The third-order valence-electron chi connectivity index (χ3n) is 1.48. The van der Waals surface area contributed by atoms with E-state index in [9.17, 15) is 10.1 Å². The summed E-state index contributed by atoms with van der Waals surface area (Å²) >= 11 is 1.30. The topological polar surface area (TPSA) is 55.2 Å². The number of hydrogen-bond acceptors (Lipinski definition) is 4. The van der Waals surface area contributed by atoms with Crippen LogP contribution in [0.4, 0.5) is 5.69 Å². The van der Waals surface area contributed by atoms with Gasteiger partial charge in [-0.3, -0.25) is 10.1 Å². The number of nitrogens with zero attached hydrogens (tertiary/aromatic N) is 1. The van der Waals surface area contributed by atoms with Gasteiger partial charge in [-0.15, -0.1) is 11.8 Å². The minimum Gasteiger partial charge on any atom is -0.345 e. The van der Waals surface area contributed by atoms with Gasteiger partial charge in [0.1, 0.15) is 5.03 Å². The van der Waals surface area contributed by atoms with Gasteiger partial charge in [0.05, 0.1) is 4.92 Å². The fourth-order valence-corrected chi connectivity index (χ4v) is 1.31. The van der Waals surface area contributed by atoms with Crippen LogP contribution in [-0.4, -0.2) is 11.2 Å². The fourth-order valence-electron chi connectivity index (χ4n) is 0.895. The maximum absolute atomic E-state index is 10.2. The molecular weight excluding hydrogens is 200 g/mol. The Balaban J connectivity index is 2.71. The molecule has 1 aromatic carbocycles. The first kappa shape index (κ1) is 10.6. The summed E-state index contributed by atoms with van der Waals surface area (Å²) < 4.78 is 0. The molecule has 14 heavy (non-hydrogen) atoms. The van der Waals surface area contributed by atoms with Crippen LogP contribution in [0.5, 0.6) is 0 Å². The second-order valence-corrected chi connectivity index (χ2v) is 3.32. The molecule has 0 aliphatic rings. The molecule has 0 saturated heterocycles. The third kappa shape index (κ3) is 3.49. The molecule has 0 fully saturated rings. The van der Waals surface area contributed by atoms with Crippen molar-refractivity contribution in [2.75, 3.05) is 11.6 Å². The summed E-state index contributed by atoms with van der Waals surface area (Å²) in [4.78, 5) is 9.76. The first-order valence-corrected chi connectivity index (χ1v) is 5.16. The highest BCUT2D eigenvalue weighted by Gasteiger charge is 2.00. The lowest BCUT2D eigenvalue weighted by Crippen LogP contribution is -1.98. The van der Waals surface area contributed by atoms with Gasteiger partial charge < -0.3 is 5.32 Å². The Morgan fingerprint density at radius 3 is 2.64 bits per heavy atom. The average Bonchev–Trinajstić information content (AvgIpc) is 2.17. The SMILES string of the molecule is CS/C(=C/[N+](=O)[O-])Nc1ccccc1. The van der Waals surface area contributed by atoms with Crippen LogP contribution in [0.1, 0.15) is 0 Å². The normalized spacial score (nSPS) is 11.1. The van der Waals surface area contributed by atoms with Crippen LogP contribution < -0.4 is 5.32 Å². The minimum atomic E-state index is -0.470. The van der Waals surface area contributed by atoms with Gasteiger partial charge in [0.15, 0.2) is 0 Å². The lowest BCUT2D eigenvalue weighted by Gasteiger charge is -2.04. The standard InChI is InChI=1S/C9H10N2O2S/c1-14-9(7-11(12)13)10-8-5-3-2-4-6-8/h2-7,10H,1H3/b9-7+. The second-order valence-electron chi connectivity index (χ2n) is 2.47. The molecular formula is C9H10N2O2S. The van der Waals surface area contributed by atoms with Gasteiger partial charge in [0.25, 0.3) is 6.20 Å². The van der Waals surface area contributed by atoms with E-state index in [-0.39, 0.29) is 0 Å². The van der Waals surface area contributed by atoms with E-state index in [4.69, 9.17) is 0 Å². The van der Waals surface area contributed by atoms with Crippen molar-refractivity contribution in [1.82, 2.24) is 0 Å². The minimum absolute atomic E-state index is 0.470. The zero-order valence-electron chi connectivity index (χ0n) is 7.64. The highest BCUT2D eigenvalue weighted by molar-refractivity contribution is 8.02. The largest absolute Gasteiger partial charge is 0.345 e. The highest BCUT2D eigenvalue weighted by Crippen LogP contribution is 2.16. The van der Waals surface area contributed by atoms with Crippen molar-refractivity contribution in [2.45, 2.75) is 0 Å². The lowest BCUT2D eigenvalue weighted by molar-refractivity contribution is -0.402. The molecule has 5 heteroatoms. The van der Waals surface area contributed by atoms with Crippen molar-refractivity contribution in [3.05, 3.63) is 51.7 Å². The van der Waals surface area contributed by atoms with Crippen LogP contribution in [0.15, 0.2) is 41.6 Å². The Labute approximate surface area is 86.2 Å². The molecule has 0 atom stereocenters. The summed E-state index contributed by atoms with van der Waals surface area (Å²) in [5.41, 5.74) is 0.843. The van der Waals surface area contributed by atoms with E-state index in [0.29, 0.717) is 5.03 Å². The smallest absolute Gasteiger partial charge is 0.264 e. The van der Waals surface area contributed by atoms with Gasteiger partial charge in [-0.25, -0.2) is 0 Å². The molecule has 1 aromatic rings. The van der Waals surface area contributed by atoms with Crippen LogP contribution in [0.2, 0.25) is 0 Å². The molecule has 0 radical (unpaired) electrons. The molecule has 1 rings (SSSR count). The molecule has 0 aliphatic carbocycles. The van der Waals surface area contributed by atoms with E-state index < -0.39 is 4.92 Å². The van der Waals surface area contributed by atoms with Gasteiger partial charge in [-0.1, -0.05) is 18.2 Å². The summed E-state index contributed by atoms with van der Waals surface area (Å²) in [6.07, 6.45) is 2.74. The van der Waals surface area contributed by atoms with Gasteiger partial charge in [0.2, 0.25) is 0 Å². The Morgan fingerprint density at radius 1 is 1.50 bits per heavy atom. The van der Waals surface area contributed by atoms with Crippen LogP contribution in [0, 0.1) is 10.1 Å². The number of benzene rings is 1. The molecule has 0 unspecified atom stereocenters. The molecule has 0 spiro atoms. The third-order valence-corrected chi connectivity index (χ3v) is 2.13. The van der Waals surface area contributed by atoms with Crippen molar-refractivity contribution in [2.24, 2.45) is 0 Å². The summed E-state index contributed by atoms with van der Waals surface area (Å²) in [6.45, 7) is 0. The van der Waals surface area contributed by atoms with Gasteiger partial charge in [-0.05, 0) is 18.4 Å². The molecule has 0 aliphatic heterocycles. The summed E-state index contributed by atoms with van der Waals surface area (Å²) in [7, 11) is 0. The second kappa shape index (κ2) is 5.29. The van der Waals surface area contributed by atoms with Crippen LogP contribution >= 0.6 is 11.8 Å². The predicted octanol–water partition coefficient (Wildman–Crippen LogP) is 2.54.